The first-order valence-corrected chi connectivity index (χ1v) is 6.54. The standard InChI is InChI=1S/C16H16N2O/c17-12-16(14-4-2-1-3-5-14)8-15(9-16)18-10-13-6-7-19-11-13/h1-7,11,15,18H,8-10H2. The van der Waals surface area contributed by atoms with E-state index in [0.717, 1.165) is 30.5 Å². The second-order valence-corrected chi connectivity index (χ2v) is 5.18. The first kappa shape index (κ1) is 12.0. The summed E-state index contributed by atoms with van der Waals surface area (Å²) in [6.07, 6.45) is 5.19. The van der Waals surface area contributed by atoms with Gasteiger partial charge in [0.15, 0.2) is 0 Å². The minimum atomic E-state index is -0.296. The molecule has 1 N–H and O–H groups in total. The monoisotopic (exact) mass is 252 g/mol. The summed E-state index contributed by atoms with van der Waals surface area (Å²) in [6.45, 7) is 0.803. The largest absolute Gasteiger partial charge is 0.472 e. The highest BCUT2D eigenvalue weighted by molar-refractivity contribution is 5.36. The van der Waals surface area contributed by atoms with E-state index in [-0.39, 0.29) is 5.41 Å². The van der Waals surface area contributed by atoms with E-state index in [1.165, 1.54) is 0 Å². The summed E-state index contributed by atoms with van der Waals surface area (Å²) in [5, 5.41) is 12.9. The zero-order valence-corrected chi connectivity index (χ0v) is 10.7. The smallest absolute Gasteiger partial charge is 0.0947 e. The quantitative estimate of drug-likeness (QED) is 0.910. The maximum absolute atomic E-state index is 9.47. The third-order valence-electron chi connectivity index (χ3n) is 3.91. The zero-order chi connectivity index (χ0) is 13.1. The van der Waals surface area contributed by atoms with Crippen LogP contribution in [0.1, 0.15) is 24.0 Å². The van der Waals surface area contributed by atoms with E-state index in [4.69, 9.17) is 4.42 Å². The van der Waals surface area contributed by atoms with Gasteiger partial charge in [-0.15, -0.1) is 0 Å². The molecule has 0 spiro atoms. The van der Waals surface area contributed by atoms with Gasteiger partial charge in [-0.2, -0.15) is 5.26 Å². The highest BCUT2D eigenvalue weighted by atomic mass is 16.3. The molecule has 3 rings (SSSR count). The van der Waals surface area contributed by atoms with Crippen LogP contribution in [0.25, 0.3) is 0 Å². The zero-order valence-electron chi connectivity index (χ0n) is 10.7. The van der Waals surface area contributed by atoms with Gasteiger partial charge in [-0.1, -0.05) is 30.3 Å². The van der Waals surface area contributed by atoms with Gasteiger partial charge in [0.1, 0.15) is 0 Å². The second kappa shape index (κ2) is 4.91. The van der Waals surface area contributed by atoms with Crippen molar-refractivity contribution in [1.29, 1.82) is 5.26 Å². The van der Waals surface area contributed by atoms with Crippen LogP contribution in [-0.2, 0) is 12.0 Å². The van der Waals surface area contributed by atoms with E-state index in [0.29, 0.717) is 6.04 Å². The lowest BCUT2D eigenvalue weighted by Crippen LogP contribution is -2.50. The Kier molecular flexibility index (Phi) is 3.10. The first-order valence-electron chi connectivity index (χ1n) is 6.54. The molecule has 3 nitrogen and oxygen atoms in total. The molecule has 0 atom stereocenters. The van der Waals surface area contributed by atoms with E-state index in [9.17, 15) is 5.26 Å². The lowest BCUT2D eigenvalue weighted by molar-refractivity contribution is 0.225. The van der Waals surface area contributed by atoms with E-state index in [1.54, 1.807) is 12.5 Å². The third kappa shape index (κ3) is 2.27. The summed E-state index contributed by atoms with van der Waals surface area (Å²) >= 11 is 0. The molecule has 1 saturated carbocycles. The molecule has 96 valence electrons. The minimum Gasteiger partial charge on any atom is -0.472 e. The van der Waals surface area contributed by atoms with Crippen molar-refractivity contribution in [2.45, 2.75) is 30.8 Å². The maximum Gasteiger partial charge on any atom is 0.0947 e. The molecule has 1 aliphatic rings. The molecule has 0 unspecified atom stereocenters. The van der Waals surface area contributed by atoms with Crippen molar-refractivity contribution in [1.82, 2.24) is 5.32 Å². The summed E-state index contributed by atoms with van der Waals surface area (Å²) in [7, 11) is 0. The van der Waals surface area contributed by atoms with Crippen LogP contribution in [0.15, 0.2) is 53.3 Å². The number of benzene rings is 1. The van der Waals surface area contributed by atoms with Crippen LogP contribution in [0.5, 0.6) is 0 Å². The fraction of sp³-hybridized carbons (Fsp3) is 0.312. The highest BCUT2D eigenvalue weighted by Gasteiger charge is 2.45. The molecule has 3 heteroatoms. The number of nitrogens with zero attached hydrogens (tertiary/aromatic N) is 1. The molecule has 0 radical (unpaired) electrons. The minimum absolute atomic E-state index is 0.296. The van der Waals surface area contributed by atoms with Gasteiger partial charge in [0, 0.05) is 18.2 Å². The predicted octanol–water partition coefficient (Wildman–Crippen LogP) is 2.99. The summed E-state index contributed by atoms with van der Waals surface area (Å²) < 4.78 is 5.04. The van der Waals surface area contributed by atoms with Gasteiger partial charge >= 0.3 is 0 Å². The van der Waals surface area contributed by atoms with Gasteiger partial charge in [0.2, 0.25) is 0 Å². The number of furan rings is 1. The molecular formula is C16H16N2O. The number of nitrogens with one attached hydrogen (secondary N) is 1. The molecule has 1 aromatic carbocycles. The van der Waals surface area contributed by atoms with Gasteiger partial charge < -0.3 is 9.73 Å². The van der Waals surface area contributed by atoms with Crippen molar-refractivity contribution in [3.8, 4) is 6.07 Å². The Morgan fingerprint density at radius 3 is 2.68 bits per heavy atom. The molecule has 2 aromatic rings. The maximum atomic E-state index is 9.47. The molecule has 0 saturated heterocycles. The third-order valence-corrected chi connectivity index (χ3v) is 3.91. The average molecular weight is 252 g/mol. The average Bonchev–Trinajstić information content (AvgIpc) is 2.92. The van der Waals surface area contributed by atoms with Crippen molar-refractivity contribution in [2.24, 2.45) is 0 Å². The van der Waals surface area contributed by atoms with Crippen molar-refractivity contribution in [3.05, 3.63) is 60.1 Å². The van der Waals surface area contributed by atoms with E-state index in [2.05, 4.69) is 23.5 Å². The molecule has 1 aromatic heterocycles. The van der Waals surface area contributed by atoms with Gasteiger partial charge in [-0.25, -0.2) is 0 Å². The van der Waals surface area contributed by atoms with Gasteiger partial charge in [0.25, 0.3) is 0 Å². The highest BCUT2D eigenvalue weighted by Crippen LogP contribution is 2.43. The second-order valence-electron chi connectivity index (χ2n) is 5.18. The van der Waals surface area contributed by atoms with Gasteiger partial charge in [-0.3, -0.25) is 0 Å². The van der Waals surface area contributed by atoms with Crippen molar-refractivity contribution >= 4 is 0 Å². The molecule has 1 heterocycles. The molecular weight excluding hydrogens is 236 g/mol. The van der Waals surface area contributed by atoms with Gasteiger partial charge in [-0.05, 0) is 24.5 Å². The number of hydrogen-bond acceptors (Lipinski definition) is 3. The topological polar surface area (TPSA) is 49.0 Å². The van der Waals surface area contributed by atoms with E-state index in [1.807, 2.05) is 24.3 Å². The fourth-order valence-electron chi connectivity index (χ4n) is 2.73. The predicted molar refractivity (Wildman–Crippen MR) is 72.3 cm³/mol. The van der Waals surface area contributed by atoms with Crippen LogP contribution in [0, 0.1) is 11.3 Å². The molecule has 0 amide bonds. The summed E-state index contributed by atoms with van der Waals surface area (Å²) in [4.78, 5) is 0. The van der Waals surface area contributed by atoms with Crippen LogP contribution in [0.4, 0.5) is 0 Å². The Morgan fingerprint density at radius 1 is 1.26 bits per heavy atom. The molecule has 0 bridgehead atoms. The van der Waals surface area contributed by atoms with Crippen LogP contribution >= 0.6 is 0 Å². The van der Waals surface area contributed by atoms with Crippen LogP contribution in [0.2, 0.25) is 0 Å². The molecule has 0 aliphatic heterocycles. The van der Waals surface area contributed by atoms with Crippen molar-refractivity contribution < 1.29 is 4.42 Å². The Morgan fingerprint density at radius 2 is 2.05 bits per heavy atom. The van der Waals surface area contributed by atoms with Crippen LogP contribution in [-0.4, -0.2) is 6.04 Å². The fourth-order valence-corrected chi connectivity index (χ4v) is 2.73. The Bertz CT molecular complexity index is 563. The Hall–Kier alpha value is -2.05. The first-order chi connectivity index (χ1) is 9.32. The summed E-state index contributed by atoms with van der Waals surface area (Å²) in [6, 6.07) is 15.0. The summed E-state index contributed by atoms with van der Waals surface area (Å²) in [5.74, 6) is 0. The summed E-state index contributed by atoms with van der Waals surface area (Å²) in [5.41, 5.74) is 1.99. The Labute approximate surface area is 112 Å². The number of hydrogen-bond donors (Lipinski definition) is 1. The molecule has 1 aliphatic carbocycles. The lowest BCUT2D eigenvalue weighted by Gasteiger charge is -2.43. The lowest BCUT2D eigenvalue weighted by atomic mass is 9.62. The van der Waals surface area contributed by atoms with Crippen molar-refractivity contribution in [3.63, 3.8) is 0 Å². The normalized spacial score (nSPS) is 25.5. The molecule has 1 fully saturated rings. The van der Waals surface area contributed by atoms with Gasteiger partial charge in [0.05, 0.1) is 24.0 Å². The van der Waals surface area contributed by atoms with Crippen LogP contribution < -0.4 is 5.32 Å². The number of rotatable bonds is 4. The number of nitriles is 1. The van der Waals surface area contributed by atoms with E-state index < -0.39 is 0 Å². The van der Waals surface area contributed by atoms with Crippen LogP contribution in [0.3, 0.4) is 0 Å². The van der Waals surface area contributed by atoms with E-state index >= 15 is 0 Å². The SMILES string of the molecule is N#CC1(c2ccccc2)CC(NCc2ccoc2)C1. The Balaban J connectivity index is 1.60. The molecule has 19 heavy (non-hydrogen) atoms. The van der Waals surface area contributed by atoms with Crippen molar-refractivity contribution in [2.75, 3.05) is 0 Å².